The summed E-state index contributed by atoms with van der Waals surface area (Å²) in [6, 6.07) is 6.90. The quantitative estimate of drug-likeness (QED) is 0.895. The summed E-state index contributed by atoms with van der Waals surface area (Å²) in [7, 11) is 1.47. The van der Waals surface area contributed by atoms with Crippen LogP contribution in [0.15, 0.2) is 29.6 Å². The van der Waals surface area contributed by atoms with E-state index in [-0.39, 0.29) is 23.8 Å². The summed E-state index contributed by atoms with van der Waals surface area (Å²) < 4.78 is 10.8. The Labute approximate surface area is 143 Å². The first-order valence-corrected chi connectivity index (χ1v) is 8.40. The van der Waals surface area contributed by atoms with Gasteiger partial charge in [-0.1, -0.05) is 6.07 Å². The van der Waals surface area contributed by atoms with Gasteiger partial charge in [0.05, 0.1) is 12.7 Å². The maximum atomic E-state index is 12.4. The standard InChI is InChI=1S/C17H18N2O4S/c1-22-13-4-2-3-12(17(18)21)16(13)23-10-15(20)19-7-5-14-11(9-19)6-8-24-14/h2-4,6,8H,5,7,9-10H2,1H3,(H2,18,21). The Balaban J connectivity index is 1.70. The Hall–Kier alpha value is -2.54. The fourth-order valence-electron chi connectivity index (χ4n) is 2.71. The Morgan fingerprint density at radius 1 is 1.33 bits per heavy atom. The molecule has 0 bridgehead atoms. The molecule has 2 N–H and O–H groups in total. The van der Waals surface area contributed by atoms with Crippen LogP contribution >= 0.6 is 11.3 Å². The zero-order valence-corrected chi connectivity index (χ0v) is 14.1. The molecule has 2 heterocycles. The van der Waals surface area contributed by atoms with Crippen LogP contribution in [0.4, 0.5) is 0 Å². The normalized spacial score (nSPS) is 13.3. The lowest BCUT2D eigenvalue weighted by atomic mass is 10.1. The fraction of sp³-hybridized carbons (Fsp3) is 0.294. The molecule has 0 atom stereocenters. The highest BCUT2D eigenvalue weighted by Gasteiger charge is 2.23. The number of hydrogen-bond donors (Lipinski definition) is 1. The number of para-hydroxylation sites is 1. The van der Waals surface area contributed by atoms with Gasteiger partial charge in [0.15, 0.2) is 18.1 Å². The van der Waals surface area contributed by atoms with Crippen molar-refractivity contribution in [3.8, 4) is 11.5 Å². The van der Waals surface area contributed by atoms with Crippen LogP contribution in [0.2, 0.25) is 0 Å². The SMILES string of the molecule is COc1cccc(C(N)=O)c1OCC(=O)N1CCc2sccc2C1. The number of fused-ring (bicyclic) bond motifs is 1. The summed E-state index contributed by atoms with van der Waals surface area (Å²) in [5.41, 5.74) is 6.74. The predicted molar refractivity (Wildman–Crippen MR) is 90.4 cm³/mol. The van der Waals surface area contributed by atoms with Crippen molar-refractivity contribution in [2.45, 2.75) is 13.0 Å². The van der Waals surface area contributed by atoms with Gasteiger partial charge in [-0.3, -0.25) is 9.59 Å². The van der Waals surface area contributed by atoms with Crippen LogP contribution in [0.5, 0.6) is 11.5 Å². The number of carbonyl (C=O) groups is 2. The summed E-state index contributed by atoms with van der Waals surface area (Å²) in [5, 5.41) is 2.04. The highest BCUT2D eigenvalue weighted by Crippen LogP contribution is 2.31. The Kier molecular flexibility index (Phi) is 4.71. The molecule has 0 unspecified atom stereocenters. The number of ether oxygens (including phenoxy) is 2. The molecule has 7 heteroatoms. The van der Waals surface area contributed by atoms with Gasteiger partial charge in [0.1, 0.15) is 0 Å². The molecule has 2 amide bonds. The minimum absolute atomic E-state index is 0.131. The summed E-state index contributed by atoms with van der Waals surface area (Å²) >= 11 is 1.72. The number of benzene rings is 1. The van der Waals surface area contributed by atoms with E-state index in [0.29, 0.717) is 18.8 Å². The molecule has 0 radical (unpaired) electrons. The molecule has 1 aliphatic heterocycles. The van der Waals surface area contributed by atoms with Crippen molar-refractivity contribution in [1.29, 1.82) is 0 Å². The summed E-state index contributed by atoms with van der Waals surface area (Å²) in [5.74, 6) is -0.183. The second-order valence-electron chi connectivity index (χ2n) is 5.42. The topological polar surface area (TPSA) is 81.9 Å². The van der Waals surface area contributed by atoms with Gasteiger partial charge in [-0.15, -0.1) is 11.3 Å². The molecule has 1 aliphatic rings. The van der Waals surface area contributed by atoms with Crippen molar-refractivity contribution in [2.75, 3.05) is 20.3 Å². The number of nitrogens with two attached hydrogens (primary N) is 1. The number of carbonyl (C=O) groups excluding carboxylic acids is 2. The largest absolute Gasteiger partial charge is 0.493 e. The van der Waals surface area contributed by atoms with Crippen molar-refractivity contribution in [2.24, 2.45) is 5.73 Å². The minimum Gasteiger partial charge on any atom is -0.493 e. The molecule has 0 saturated heterocycles. The monoisotopic (exact) mass is 346 g/mol. The van der Waals surface area contributed by atoms with E-state index in [1.165, 1.54) is 17.6 Å². The lowest BCUT2D eigenvalue weighted by molar-refractivity contribution is -0.134. The van der Waals surface area contributed by atoms with Gasteiger partial charge < -0.3 is 20.1 Å². The van der Waals surface area contributed by atoms with Crippen molar-refractivity contribution in [3.63, 3.8) is 0 Å². The molecule has 3 rings (SSSR count). The van der Waals surface area contributed by atoms with Gasteiger partial charge in [0.25, 0.3) is 11.8 Å². The van der Waals surface area contributed by atoms with Crippen molar-refractivity contribution < 1.29 is 19.1 Å². The van der Waals surface area contributed by atoms with Crippen LogP contribution < -0.4 is 15.2 Å². The summed E-state index contributed by atoms with van der Waals surface area (Å²) in [6.45, 7) is 1.10. The van der Waals surface area contributed by atoms with E-state index in [0.717, 1.165) is 6.42 Å². The second kappa shape index (κ2) is 6.92. The lowest BCUT2D eigenvalue weighted by Gasteiger charge is -2.27. The van der Waals surface area contributed by atoms with Gasteiger partial charge in [-0.2, -0.15) is 0 Å². The van der Waals surface area contributed by atoms with E-state index >= 15 is 0 Å². The molecule has 0 aliphatic carbocycles. The second-order valence-corrected chi connectivity index (χ2v) is 6.42. The van der Waals surface area contributed by atoms with Crippen LogP contribution in [-0.4, -0.2) is 37.0 Å². The van der Waals surface area contributed by atoms with E-state index in [4.69, 9.17) is 15.2 Å². The maximum Gasteiger partial charge on any atom is 0.260 e. The smallest absolute Gasteiger partial charge is 0.260 e. The van der Waals surface area contributed by atoms with E-state index in [2.05, 4.69) is 0 Å². The maximum absolute atomic E-state index is 12.4. The lowest BCUT2D eigenvalue weighted by Crippen LogP contribution is -2.38. The fourth-order valence-corrected chi connectivity index (χ4v) is 3.60. The van der Waals surface area contributed by atoms with Crippen molar-refractivity contribution >= 4 is 23.2 Å². The Morgan fingerprint density at radius 3 is 2.92 bits per heavy atom. The third kappa shape index (κ3) is 3.21. The van der Waals surface area contributed by atoms with Gasteiger partial charge in [-0.25, -0.2) is 0 Å². The molecule has 126 valence electrons. The van der Waals surface area contributed by atoms with Crippen LogP contribution in [0.1, 0.15) is 20.8 Å². The van der Waals surface area contributed by atoms with Crippen molar-refractivity contribution in [3.05, 3.63) is 45.6 Å². The first kappa shape index (κ1) is 16.3. The third-order valence-electron chi connectivity index (χ3n) is 3.96. The molecular formula is C17H18N2O4S. The minimum atomic E-state index is -0.628. The van der Waals surface area contributed by atoms with Crippen LogP contribution in [0, 0.1) is 0 Å². The zero-order chi connectivity index (χ0) is 17.1. The number of methoxy groups -OCH3 is 1. The number of hydrogen-bond acceptors (Lipinski definition) is 5. The van der Waals surface area contributed by atoms with E-state index < -0.39 is 5.91 Å². The van der Waals surface area contributed by atoms with Gasteiger partial charge in [-0.05, 0) is 35.6 Å². The van der Waals surface area contributed by atoms with Gasteiger partial charge >= 0.3 is 0 Å². The highest BCUT2D eigenvalue weighted by atomic mass is 32.1. The number of nitrogens with zero attached hydrogens (tertiary/aromatic N) is 1. The average Bonchev–Trinajstić information content (AvgIpc) is 3.06. The van der Waals surface area contributed by atoms with E-state index in [1.807, 2.05) is 11.4 Å². The first-order valence-electron chi connectivity index (χ1n) is 7.52. The molecular weight excluding hydrogens is 328 g/mol. The molecule has 0 fully saturated rings. The summed E-state index contributed by atoms with van der Waals surface area (Å²) in [4.78, 5) is 27.1. The van der Waals surface area contributed by atoms with Crippen LogP contribution in [-0.2, 0) is 17.8 Å². The van der Waals surface area contributed by atoms with Crippen LogP contribution in [0.25, 0.3) is 0 Å². The predicted octanol–water partition coefficient (Wildman–Crippen LogP) is 1.82. The molecule has 2 aromatic rings. The zero-order valence-electron chi connectivity index (χ0n) is 13.3. The van der Waals surface area contributed by atoms with E-state index in [1.54, 1.807) is 34.4 Å². The van der Waals surface area contributed by atoms with Crippen LogP contribution in [0.3, 0.4) is 0 Å². The Bertz CT molecular complexity index is 772. The molecule has 0 saturated carbocycles. The number of primary amides is 1. The molecule has 1 aromatic heterocycles. The first-order chi connectivity index (χ1) is 11.6. The molecule has 6 nitrogen and oxygen atoms in total. The third-order valence-corrected chi connectivity index (χ3v) is 4.99. The number of thiophene rings is 1. The number of rotatable bonds is 5. The molecule has 24 heavy (non-hydrogen) atoms. The van der Waals surface area contributed by atoms with Gasteiger partial charge in [0.2, 0.25) is 0 Å². The molecule has 1 aromatic carbocycles. The average molecular weight is 346 g/mol. The molecule has 0 spiro atoms. The summed E-state index contributed by atoms with van der Waals surface area (Å²) in [6.07, 6.45) is 0.861. The van der Waals surface area contributed by atoms with E-state index in [9.17, 15) is 9.59 Å². The highest BCUT2D eigenvalue weighted by molar-refractivity contribution is 7.10. The Morgan fingerprint density at radius 2 is 2.17 bits per heavy atom. The van der Waals surface area contributed by atoms with Gasteiger partial charge in [0, 0.05) is 18.0 Å². The van der Waals surface area contributed by atoms with Crippen molar-refractivity contribution in [1.82, 2.24) is 4.90 Å². The number of amides is 2.